The molecule has 0 amide bonds. The molecule has 0 saturated heterocycles. The van der Waals surface area contributed by atoms with E-state index < -0.39 is 0 Å². The van der Waals surface area contributed by atoms with Crippen LogP contribution >= 0.6 is 0 Å². The number of benzene rings is 2. The second-order valence-corrected chi connectivity index (χ2v) is 6.22. The molecule has 5 heteroatoms. The number of hydrogen-bond donors (Lipinski definition) is 3. The van der Waals surface area contributed by atoms with E-state index in [1.54, 1.807) is 14.2 Å². The number of H-pyrrole nitrogens is 1. The molecule has 3 N–H and O–H groups in total. The molecule has 0 radical (unpaired) electrons. The highest BCUT2D eigenvalue weighted by atomic mass is 16.5. The van der Waals surface area contributed by atoms with Crippen LogP contribution in [0.15, 0.2) is 53.5 Å². The van der Waals surface area contributed by atoms with Gasteiger partial charge in [-0.05, 0) is 42.7 Å². The Morgan fingerprint density at radius 2 is 1.85 bits per heavy atom. The first-order valence-corrected chi connectivity index (χ1v) is 8.85. The number of para-hydroxylation sites is 1. The molecule has 0 fully saturated rings. The van der Waals surface area contributed by atoms with Crippen LogP contribution in [-0.4, -0.2) is 31.6 Å². The van der Waals surface area contributed by atoms with Crippen molar-refractivity contribution in [2.24, 2.45) is 4.99 Å². The van der Waals surface area contributed by atoms with Gasteiger partial charge in [-0.25, -0.2) is 0 Å². The van der Waals surface area contributed by atoms with Crippen molar-refractivity contribution in [3.63, 3.8) is 0 Å². The van der Waals surface area contributed by atoms with Crippen molar-refractivity contribution in [3.8, 4) is 5.75 Å². The fourth-order valence-electron chi connectivity index (χ4n) is 3.11. The number of ether oxygens (including phenoxy) is 1. The van der Waals surface area contributed by atoms with E-state index in [1.807, 2.05) is 12.1 Å². The van der Waals surface area contributed by atoms with Gasteiger partial charge in [0, 0.05) is 36.7 Å². The molecule has 5 nitrogen and oxygen atoms in total. The predicted octanol–water partition coefficient (Wildman–Crippen LogP) is 3.39. The zero-order chi connectivity index (χ0) is 18.4. The van der Waals surface area contributed by atoms with Gasteiger partial charge in [0.05, 0.1) is 7.11 Å². The van der Waals surface area contributed by atoms with E-state index in [1.165, 1.54) is 27.7 Å². The van der Waals surface area contributed by atoms with Crippen LogP contribution < -0.4 is 15.4 Å². The van der Waals surface area contributed by atoms with Gasteiger partial charge in [0.15, 0.2) is 5.96 Å². The number of nitrogens with one attached hydrogen (secondary N) is 3. The molecule has 26 heavy (non-hydrogen) atoms. The van der Waals surface area contributed by atoms with Crippen molar-refractivity contribution in [2.45, 2.75) is 19.9 Å². The molecule has 0 atom stereocenters. The van der Waals surface area contributed by atoms with Gasteiger partial charge in [-0.2, -0.15) is 0 Å². The molecule has 0 aliphatic heterocycles. The Balaban J connectivity index is 1.53. The SMILES string of the molecule is CN=C(NCCc1c(C)[nH]c2ccccc12)NCc1ccc(OC)cc1. The van der Waals surface area contributed by atoms with Crippen LogP contribution in [0.1, 0.15) is 16.8 Å². The van der Waals surface area contributed by atoms with Crippen LogP contribution in [0.5, 0.6) is 5.75 Å². The molecule has 3 rings (SSSR count). The first-order chi connectivity index (χ1) is 12.7. The highest BCUT2D eigenvalue weighted by Crippen LogP contribution is 2.21. The normalized spacial score (nSPS) is 11.6. The zero-order valence-electron chi connectivity index (χ0n) is 15.6. The molecule has 1 aromatic heterocycles. The molecular weight excluding hydrogens is 324 g/mol. The van der Waals surface area contributed by atoms with Crippen molar-refractivity contribution >= 4 is 16.9 Å². The largest absolute Gasteiger partial charge is 0.497 e. The third kappa shape index (κ3) is 4.17. The monoisotopic (exact) mass is 350 g/mol. The van der Waals surface area contributed by atoms with Crippen LogP contribution in [0.4, 0.5) is 0 Å². The number of fused-ring (bicyclic) bond motifs is 1. The van der Waals surface area contributed by atoms with Gasteiger partial charge in [0.2, 0.25) is 0 Å². The van der Waals surface area contributed by atoms with Gasteiger partial charge in [-0.1, -0.05) is 30.3 Å². The number of hydrogen-bond acceptors (Lipinski definition) is 2. The average molecular weight is 350 g/mol. The van der Waals surface area contributed by atoms with Crippen LogP contribution in [0.2, 0.25) is 0 Å². The molecular formula is C21H26N4O. The number of nitrogens with zero attached hydrogens (tertiary/aromatic N) is 1. The highest BCUT2D eigenvalue weighted by Gasteiger charge is 2.07. The first kappa shape index (κ1) is 17.9. The van der Waals surface area contributed by atoms with E-state index >= 15 is 0 Å². The minimum Gasteiger partial charge on any atom is -0.497 e. The van der Waals surface area contributed by atoms with Crippen molar-refractivity contribution in [3.05, 3.63) is 65.4 Å². The molecule has 1 heterocycles. The maximum Gasteiger partial charge on any atom is 0.191 e. The van der Waals surface area contributed by atoms with Gasteiger partial charge in [0.1, 0.15) is 5.75 Å². The smallest absolute Gasteiger partial charge is 0.191 e. The summed E-state index contributed by atoms with van der Waals surface area (Å²) in [7, 11) is 3.47. The summed E-state index contributed by atoms with van der Waals surface area (Å²) in [6, 6.07) is 16.5. The van der Waals surface area contributed by atoms with Gasteiger partial charge in [0.25, 0.3) is 0 Å². The third-order valence-corrected chi connectivity index (χ3v) is 4.54. The predicted molar refractivity (Wildman–Crippen MR) is 108 cm³/mol. The number of aromatic amines is 1. The van der Waals surface area contributed by atoms with E-state index in [0.717, 1.165) is 31.2 Å². The molecule has 0 bridgehead atoms. The number of guanidine groups is 1. The van der Waals surface area contributed by atoms with Crippen LogP contribution in [0, 0.1) is 6.92 Å². The molecule has 0 spiro atoms. The van der Waals surface area contributed by atoms with E-state index in [4.69, 9.17) is 4.74 Å². The van der Waals surface area contributed by atoms with E-state index in [2.05, 4.69) is 63.9 Å². The molecule has 136 valence electrons. The van der Waals surface area contributed by atoms with Crippen molar-refractivity contribution in [2.75, 3.05) is 20.7 Å². The molecule has 0 aliphatic carbocycles. The zero-order valence-corrected chi connectivity index (χ0v) is 15.6. The number of aryl methyl sites for hydroxylation is 1. The molecule has 3 aromatic rings. The fourth-order valence-corrected chi connectivity index (χ4v) is 3.11. The first-order valence-electron chi connectivity index (χ1n) is 8.85. The summed E-state index contributed by atoms with van der Waals surface area (Å²) >= 11 is 0. The lowest BCUT2D eigenvalue weighted by Crippen LogP contribution is -2.37. The number of methoxy groups -OCH3 is 1. The summed E-state index contributed by atoms with van der Waals surface area (Å²) in [6.45, 7) is 3.67. The van der Waals surface area contributed by atoms with Gasteiger partial charge >= 0.3 is 0 Å². The maximum atomic E-state index is 5.19. The van der Waals surface area contributed by atoms with Gasteiger partial charge < -0.3 is 20.4 Å². The van der Waals surface area contributed by atoms with Crippen LogP contribution in [0.3, 0.4) is 0 Å². The average Bonchev–Trinajstić information content (AvgIpc) is 3.00. The second-order valence-electron chi connectivity index (χ2n) is 6.22. The highest BCUT2D eigenvalue weighted by molar-refractivity contribution is 5.84. The Morgan fingerprint density at radius 3 is 2.58 bits per heavy atom. The Kier molecular flexibility index (Phi) is 5.79. The lowest BCUT2D eigenvalue weighted by Gasteiger charge is -2.12. The summed E-state index contributed by atoms with van der Waals surface area (Å²) in [5.41, 5.74) is 4.97. The standard InChI is InChI=1S/C21H26N4O/c1-15-18(19-6-4-5-7-20(19)25-15)12-13-23-21(22-2)24-14-16-8-10-17(26-3)11-9-16/h4-11,25H,12-14H2,1-3H3,(H2,22,23,24). The number of aromatic nitrogens is 1. The van der Waals surface area contributed by atoms with Crippen LogP contribution in [0.25, 0.3) is 10.9 Å². The fraction of sp³-hybridized carbons (Fsp3) is 0.286. The van der Waals surface area contributed by atoms with E-state index in [-0.39, 0.29) is 0 Å². The summed E-state index contributed by atoms with van der Waals surface area (Å²) in [5.74, 6) is 1.67. The summed E-state index contributed by atoms with van der Waals surface area (Å²) in [4.78, 5) is 7.75. The summed E-state index contributed by atoms with van der Waals surface area (Å²) in [5, 5.41) is 8.04. The topological polar surface area (TPSA) is 61.4 Å². The molecule has 2 aromatic carbocycles. The molecule has 0 aliphatic rings. The second kappa shape index (κ2) is 8.43. The number of aliphatic imine (C=N–C) groups is 1. The Morgan fingerprint density at radius 1 is 1.08 bits per heavy atom. The van der Waals surface area contributed by atoms with Crippen molar-refractivity contribution in [1.82, 2.24) is 15.6 Å². The quantitative estimate of drug-likeness (QED) is 0.472. The number of rotatable bonds is 6. The summed E-state index contributed by atoms with van der Waals surface area (Å²) in [6.07, 6.45) is 0.944. The Labute approximate surface area is 154 Å². The van der Waals surface area contributed by atoms with E-state index in [0.29, 0.717) is 0 Å². The van der Waals surface area contributed by atoms with E-state index in [9.17, 15) is 0 Å². The Bertz CT molecular complexity index is 881. The molecule has 0 unspecified atom stereocenters. The van der Waals surface area contributed by atoms with Crippen molar-refractivity contribution in [1.29, 1.82) is 0 Å². The minimum atomic E-state index is 0.718. The van der Waals surface area contributed by atoms with Crippen molar-refractivity contribution < 1.29 is 4.74 Å². The summed E-state index contributed by atoms with van der Waals surface area (Å²) < 4.78 is 5.19. The molecule has 0 saturated carbocycles. The van der Waals surface area contributed by atoms with Crippen LogP contribution in [-0.2, 0) is 13.0 Å². The third-order valence-electron chi connectivity index (χ3n) is 4.54. The Hall–Kier alpha value is -2.95. The van der Waals surface area contributed by atoms with Gasteiger partial charge in [-0.15, -0.1) is 0 Å². The lowest BCUT2D eigenvalue weighted by atomic mass is 10.1. The minimum absolute atomic E-state index is 0.718. The maximum absolute atomic E-state index is 5.19. The lowest BCUT2D eigenvalue weighted by molar-refractivity contribution is 0.414. The van der Waals surface area contributed by atoms with Gasteiger partial charge in [-0.3, -0.25) is 4.99 Å².